The summed E-state index contributed by atoms with van der Waals surface area (Å²) in [6, 6.07) is 9.76. The smallest absolute Gasteiger partial charge is 0.0854 e. The molecule has 0 amide bonds. The summed E-state index contributed by atoms with van der Waals surface area (Å²) >= 11 is 0. The molecule has 18 heavy (non-hydrogen) atoms. The van der Waals surface area contributed by atoms with Gasteiger partial charge in [-0.05, 0) is 19.1 Å². The van der Waals surface area contributed by atoms with Crippen LogP contribution in [0.25, 0.3) is 10.9 Å². The van der Waals surface area contributed by atoms with Crippen LogP contribution in [0.1, 0.15) is 12.6 Å². The Labute approximate surface area is 107 Å². The number of aliphatic hydroxyl groups is 1. The van der Waals surface area contributed by atoms with Crippen LogP contribution in [0.4, 0.5) is 5.69 Å². The van der Waals surface area contributed by atoms with Crippen molar-refractivity contribution >= 4 is 16.6 Å². The number of hydrogen-bond acceptors (Lipinski definition) is 4. The Morgan fingerprint density at radius 3 is 2.89 bits per heavy atom. The normalized spacial score (nSPS) is 12.6. The van der Waals surface area contributed by atoms with Gasteiger partial charge in [-0.25, -0.2) is 0 Å². The van der Waals surface area contributed by atoms with E-state index in [9.17, 15) is 5.11 Å². The lowest BCUT2D eigenvalue weighted by Gasteiger charge is -2.14. The molecule has 0 saturated carbocycles. The van der Waals surface area contributed by atoms with E-state index < -0.39 is 0 Å². The van der Waals surface area contributed by atoms with Gasteiger partial charge in [0.1, 0.15) is 0 Å². The Hall–Kier alpha value is -1.65. The van der Waals surface area contributed by atoms with Crippen molar-refractivity contribution in [3.05, 3.63) is 36.0 Å². The van der Waals surface area contributed by atoms with Crippen LogP contribution in [0.5, 0.6) is 0 Å². The van der Waals surface area contributed by atoms with Crippen LogP contribution in [-0.4, -0.2) is 29.8 Å². The quantitative estimate of drug-likeness (QED) is 0.849. The van der Waals surface area contributed by atoms with Crippen molar-refractivity contribution in [3.8, 4) is 0 Å². The SMILES string of the molecule is COC(C)CNc1cc(CO)nc2ccccc12. The van der Waals surface area contributed by atoms with E-state index in [1.165, 1.54) is 0 Å². The molecular weight excluding hydrogens is 228 g/mol. The molecule has 1 atom stereocenters. The molecule has 0 aliphatic heterocycles. The maximum atomic E-state index is 9.23. The van der Waals surface area contributed by atoms with E-state index in [1.54, 1.807) is 7.11 Å². The van der Waals surface area contributed by atoms with Crippen LogP contribution < -0.4 is 5.32 Å². The number of methoxy groups -OCH3 is 1. The van der Waals surface area contributed by atoms with Crippen molar-refractivity contribution in [2.24, 2.45) is 0 Å². The molecule has 0 fully saturated rings. The van der Waals surface area contributed by atoms with E-state index in [4.69, 9.17) is 4.74 Å². The Kier molecular flexibility index (Phi) is 4.12. The molecule has 0 aliphatic carbocycles. The van der Waals surface area contributed by atoms with E-state index in [-0.39, 0.29) is 12.7 Å². The van der Waals surface area contributed by atoms with Crippen LogP contribution >= 0.6 is 0 Å². The third kappa shape index (κ3) is 2.78. The second-order valence-electron chi connectivity index (χ2n) is 4.26. The summed E-state index contributed by atoms with van der Waals surface area (Å²) in [5, 5.41) is 13.6. The number of nitrogens with one attached hydrogen (secondary N) is 1. The number of nitrogens with zero attached hydrogens (tertiary/aromatic N) is 1. The predicted octanol–water partition coefficient (Wildman–Crippen LogP) is 2.17. The fourth-order valence-corrected chi connectivity index (χ4v) is 1.79. The zero-order valence-corrected chi connectivity index (χ0v) is 10.7. The standard InChI is InChI=1S/C14H18N2O2/c1-10(18-2)8-15-14-7-11(9-17)16-13-6-4-3-5-12(13)14/h3-7,10,17H,8-9H2,1-2H3,(H,15,16). The maximum Gasteiger partial charge on any atom is 0.0854 e. The highest BCUT2D eigenvalue weighted by molar-refractivity contribution is 5.91. The average molecular weight is 246 g/mol. The zero-order chi connectivity index (χ0) is 13.0. The lowest BCUT2D eigenvalue weighted by Crippen LogP contribution is -2.18. The average Bonchev–Trinajstić information content (AvgIpc) is 2.43. The first kappa shape index (κ1) is 12.8. The minimum Gasteiger partial charge on any atom is -0.390 e. The van der Waals surface area contributed by atoms with E-state index >= 15 is 0 Å². The summed E-state index contributed by atoms with van der Waals surface area (Å²) in [4.78, 5) is 4.38. The Morgan fingerprint density at radius 2 is 2.17 bits per heavy atom. The van der Waals surface area contributed by atoms with Crippen molar-refractivity contribution in [1.29, 1.82) is 0 Å². The highest BCUT2D eigenvalue weighted by atomic mass is 16.5. The number of pyridine rings is 1. The third-order valence-corrected chi connectivity index (χ3v) is 2.91. The topological polar surface area (TPSA) is 54.4 Å². The van der Waals surface area contributed by atoms with E-state index in [0.717, 1.165) is 23.1 Å². The lowest BCUT2D eigenvalue weighted by atomic mass is 10.1. The Morgan fingerprint density at radius 1 is 1.39 bits per heavy atom. The van der Waals surface area contributed by atoms with Gasteiger partial charge in [-0.1, -0.05) is 18.2 Å². The first-order valence-corrected chi connectivity index (χ1v) is 6.00. The molecule has 0 spiro atoms. The van der Waals surface area contributed by atoms with Gasteiger partial charge < -0.3 is 15.2 Å². The molecular formula is C14H18N2O2. The largest absolute Gasteiger partial charge is 0.390 e. The van der Waals surface area contributed by atoms with Crippen molar-refractivity contribution in [2.75, 3.05) is 19.0 Å². The summed E-state index contributed by atoms with van der Waals surface area (Å²) in [6.45, 7) is 2.66. The van der Waals surface area contributed by atoms with Crippen molar-refractivity contribution in [2.45, 2.75) is 19.6 Å². The van der Waals surface area contributed by atoms with Gasteiger partial charge in [0.25, 0.3) is 0 Å². The molecule has 0 radical (unpaired) electrons. The van der Waals surface area contributed by atoms with Gasteiger partial charge in [0.2, 0.25) is 0 Å². The minimum atomic E-state index is -0.0562. The number of hydrogen-bond donors (Lipinski definition) is 2. The summed E-state index contributed by atoms with van der Waals surface area (Å²) in [7, 11) is 1.69. The summed E-state index contributed by atoms with van der Waals surface area (Å²) in [5.74, 6) is 0. The monoisotopic (exact) mass is 246 g/mol. The van der Waals surface area contributed by atoms with Crippen LogP contribution in [0.3, 0.4) is 0 Å². The second-order valence-corrected chi connectivity index (χ2v) is 4.26. The lowest BCUT2D eigenvalue weighted by molar-refractivity contribution is 0.129. The molecule has 2 aromatic rings. The molecule has 1 aromatic carbocycles. The molecule has 4 heteroatoms. The number of benzene rings is 1. The first-order chi connectivity index (χ1) is 8.74. The van der Waals surface area contributed by atoms with Gasteiger partial charge in [-0.15, -0.1) is 0 Å². The van der Waals surface area contributed by atoms with Gasteiger partial charge in [-0.3, -0.25) is 4.98 Å². The number of aromatic nitrogens is 1. The molecule has 2 rings (SSSR count). The van der Waals surface area contributed by atoms with E-state index in [1.807, 2.05) is 37.3 Å². The third-order valence-electron chi connectivity index (χ3n) is 2.91. The second kappa shape index (κ2) is 5.80. The van der Waals surface area contributed by atoms with Gasteiger partial charge in [0.15, 0.2) is 0 Å². The maximum absolute atomic E-state index is 9.23. The first-order valence-electron chi connectivity index (χ1n) is 6.00. The molecule has 1 aromatic heterocycles. The molecule has 0 aliphatic rings. The molecule has 96 valence electrons. The highest BCUT2D eigenvalue weighted by Gasteiger charge is 2.06. The fraction of sp³-hybridized carbons (Fsp3) is 0.357. The number of para-hydroxylation sites is 1. The highest BCUT2D eigenvalue weighted by Crippen LogP contribution is 2.23. The van der Waals surface area contributed by atoms with Gasteiger partial charge >= 0.3 is 0 Å². The fourth-order valence-electron chi connectivity index (χ4n) is 1.79. The minimum absolute atomic E-state index is 0.0562. The summed E-state index contributed by atoms with van der Waals surface area (Å²) < 4.78 is 5.21. The zero-order valence-electron chi connectivity index (χ0n) is 10.7. The molecule has 1 unspecified atom stereocenters. The number of aliphatic hydroxyl groups excluding tert-OH is 1. The van der Waals surface area contributed by atoms with E-state index in [2.05, 4.69) is 10.3 Å². The Bertz CT molecular complexity index is 528. The molecule has 0 bridgehead atoms. The number of anilines is 1. The van der Waals surface area contributed by atoms with Gasteiger partial charge in [0, 0.05) is 24.7 Å². The molecule has 2 N–H and O–H groups in total. The number of fused-ring (bicyclic) bond motifs is 1. The number of ether oxygens (including phenoxy) is 1. The summed E-state index contributed by atoms with van der Waals surface area (Å²) in [5.41, 5.74) is 2.53. The van der Waals surface area contributed by atoms with Crippen molar-refractivity contribution < 1.29 is 9.84 Å². The molecule has 4 nitrogen and oxygen atoms in total. The molecule has 1 heterocycles. The Balaban J connectivity index is 2.34. The predicted molar refractivity (Wildman–Crippen MR) is 72.6 cm³/mol. The van der Waals surface area contributed by atoms with Crippen molar-refractivity contribution in [3.63, 3.8) is 0 Å². The van der Waals surface area contributed by atoms with Crippen LogP contribution in [-0.2, 0) is 11.3 Å². The number of rotatable bonds is 5. The van der Waals surface area contributed by atoms with Crippen LogP contribution in [0.15, 0.2) is 30.3 Å². The van der Waals surface area contributed by atoms with Gasteiger partial charge in [-0.2, -0.15) is 0 Å². The van der Waals surface area contributed by atoms with Crippen LogP contribution in [0.2, 0.25) is 0 Å². The van der Waals surface area contributed by atoms with E-state index in [0.29, 0.717) is 5.69 Å². The summed E-state index contributed by atoms with van der Waals surface area (Å²) in [6.07, 6.45) is 0.134. The van der Waals surface area contributed by atoms with Crippen LogP contribution in [0, 0.1) is 0 Å². The van der Waals surface area contributed by atoms with Crippen molar-refractivity contribution in [1.82, 2.24) is 4.98 Å². The molecule has 0 saturated heterocycles. The van der Waals surface area contributed by atoms with Gasteiger partial charge in [0.05, 0.1) is 23.9 Å².